The summed E-state index contributed by atoms with van der Waals surface area (Å²) in [5, 5.41) is 8.77. The number of ether oxygens (including phenoxy) is 1. The molecule has 78 valence electrons. The Hall–Kier alpha value is -1.89. The Balaban J connectivity index is 2.98. The molecule has 0 amide bonds. The van der Waals surface area contributed by atoms with Gasteiger partial charge in [0.15, 0.2) is 5.69 Å². The summed E-state index contributed by atoms with van der Waals surface area (Å²) < 4.78 is 5.11. The van der Waals surface area contributed by atoms with Crippen molar-refractivity contribution in [3.63, 3.8) is 0 Å². The number of nitrogens with zero attached hydrogens (tertiary/aromatic N) is 2. The fraction of sp³-hybridized carbons (Fsp3) is 0.364. The lowest BCUT2D eigenvalue weighted by atomic mass is 10.1. The topological polar surface area (TPSA) is 63.0 Å². The average Bonchev–Trinajstić information content (AvgIpc) is 2.15. The first-order valence-corrected chi connectivity index (χ1v) is 4.52. The fourth-order valence-electron chi connectivity index (χ4n) is 0.985. The Labute approximate surface area is 88.5 Å². The van der Waals surface area contributed by atoms with Gasteiger partial charge in [-0.2, -0.15) is 5.26 Å². The van der Waals surface area contributed by atoms with Gasteiger partial charge in [0.05, 0.1) is 5.56 Å². The van der Waals surface area contributed by atoms with Crippen LogP contribution in [0.5, 0.6) is 0 Å². The van der Waals surface area contributed by atoms with Gasteiger partial charge >= 0.3 is 5.97 Å². The molecule has 15 heavy (non-hydrogen) atoms. The van der Waals surface area contributed by atoms with Gasteiger partial charge in [0.25, 0.3) is 0 Å². The number of hydrogen-bond acceptors (Lipinski definition) is 4. The van der Waals surface area contributed by atoms with Crippen LogP contribution < -0.4 is 0 Å². The molecule has 0 aliphatic heterocycles. The first-order valence-electron chi connectivity index (χ1n) is 4.52. The molecule has 0 saturated carbocycles. The number of nitriles is 1. The monoisotopic (exact) mass is 204 g/mol. The molecule has 4 nitrogen and oxygen atoms in total. The molecule has 1 rings (SSSR count). The Kier molecular flexibility index (Phi) is 3.05. The molecule has 0 atom stereocenters. The maximum atomic E-state index is 11.6. The van der Waals surface area contributed by atoms with E-state index in [4.69, 9.17) is 10.00 Å². The third kappa shape index (κ3) is 3.06. The fourth-order valence-corrected chi connectivity index (χ4v) is 0.985. The second kappa shape index (κ2) is 4.09. The minimum atomic E-state index is -0.582. The second-order valence-electron chi connectivity index (χ2n) is 4.01. The van der Waals surface area contributed by atoms with Crippen molar-refractivity contribution < 1.29 is 9.53 Å². The van der Waals surface area contributed by atoms with Crippen LogP contribution in [-0.4, -0.2) is 16.6 Å². The molecule has 1 aromatic rings. The minimum Gasteiger partial charge on any atom is -0.455 e. The van der Waals surface area contributed by atoms with E-state index in [1.165, 1.54) is 12.3 Å². The van der Waals surface area contributed by atoms with Gasteiger partial charge in [0.1, 0.15) is 11.7 Å². The van der Waals surface area contributed by atoms with Gasteiger partial charge in [-0.3, -0.25) is 0 Å². The lowest BCUT2D eigenvalue weighted by Crippen LogP contribution is -2.25. The Morgan fingerprint density at radius 1 is 1.53 bits per heavy atom. The maximum Gasteiger partial charge on any atom is 0.358 e. The van der Waals surface area contributed by atoms with Gasteiger partial charge in [-0.25, -0.2) is 9.78 Å². The highest BCUT2D eigenvalue weighted by molar-refractivity contribution is 5.90. The zero-order valence-electron chi connectivity index (χ0n) is 8.94. The molecule has 0 aliphatic carbocycles. The molecule has 0 fully saturated rings. The highest BCUT2D eigenvalue weighted by Crippen LogP contribution is 2.12. The predicted molar refractivity (Wildman–Crippen MR) is 54.1 cm³/mol. The molecular weight excluding hydrogens is 192 g/mol. The van der Waals surface area contributed by atoms with E-state index in [2.05, 4.69) is 4.98 Å². The molecule has 0 radical (unpaired) electrons. The van der Waals surface area contributed by atoms with Crippen LogP contribution in [0.1, 0.15) is 36.8 Å². The molecule has 0 aliphatic rings. The smallest absolute Gasteiger partial charge is 0.358 e. The molecule has 1 aromatic heterocycles. The normalized spacial score (nSPS) is 10.5. The van der Waals surface area contributed by atoms with Gasteiger partial charge in [-0.05, 0) is 32.9 Å². The van der Waals surface area contributed by atoms with Crippen molar-refractivity contribution in [3.8, 4) is 6.07 Å². The van der Waals surface area contributed by atoms with Crippen LogP contribution in [0.25, 0.3) is 0 Å². The van der Waals surface area contributed by atoms with Crippen LogP contribution in [0, 0.1) is 11.3 Å². The average molecular weight is 204 g/mol. The van der Waals surface area contributed by atoms with Crippen molar-refractivity contribution in [2.45, 2.75) is 26.4 Å². The lowest BCUT2D eigenvalue weighted by molar-refractivity contribution is 0.00625. The highest BCUT2D eigenvalue weighted by atomic mass is 16.6. The van der Waals surface area contributed by atoms with Crippen LogP contribution in [0.4, 0.5) is 0 Å². The molecule has 0 aromatic carbocycles. The van der Waals surface area contributed by atoms with E-state index < -0.39 is 11.6 Å². The third-order valence-corrected chi connectivity index (χ3v) is 1.52. The largest absolute Gasteiger partial charge is 0.455 e. The summed E-state index contributed by atoms with van der Waals surface area (Å²) in [5.74, 6) is -0.570. The van der Waals surface area contributed by atoms with E-state index in [1.54, 1.807) is 26.8 Å². The van der Waals surface area contributed by atoms with Gasteiger partial charge in [0, 0.05) is 6.20 Å². The molecule has 1 heterocycles. The Bertz CT molecular complexity index is 413. The molecule has 0 saturated heterocycles. The number of carbonyl (C=O) groups is 1. The van der Waals surface area contributed by atoms with Crippen LogP contribution in [0.2, 0.25) is 0 Å². The summed E-state index contributed by atoms with van der Waals surface area (Å²) in [5.41, 5.74) is -0.289. The van der Waals surface area contributed by atoms with E-state index in [0.717, 1.165) is 0 Å². The third-order valence-electron chi connectivity index (χ3n) is 1.52. The SMILES string of the molecule is CC(C)(C)OC(=O)c1ncccc1C#N. The standard InChI is InChI=1S/C11H12N2O2/c1-11(2,3)15-10(14)9-8(7-12)5-4-6-13-9/h4-6H,1-3H3. The van der Waals surface area contributed by atoms with E-state index >= 15 is 0 Å². The second-order valence-corrected chi connectivity index (χ2v) is 4.01. The highest BCUT2D eigenvalue weighted by Gasteiger charge is 2.21. The van der Waals surface area contributed by atoms with Gasteiger partial charge in [-0.1, -0.05) is 0 Å². The van der Waals surface area contributed by atoms with Crippen LogP contribution in [0.15, 0.2) is 18.3 Å². The minimum absolute atomic E-state index is 0.0647. The first-order chi connectivity index (χ1) is 6.94. The van der Waals surface area contributed by atoms with Gasteiger partial charge < -0.3 is 4.74 Å². The lowest BCUT2D eigenvalue weighted by Gasteiger charge is -2.19. The van der Waals surface area contributed by atoms with Crippen LogP contribution >= 0.6 is 0 Å². The van der Waals surface area contributed by atoms with Crippen molar-refractivity contribution in [3.05, 3.63) is 29.6 Å². The summed E-state index contributed by atoms with van der Waals surface area (Å²) in [7, 11) is 0. The molecule has 0 unspecified atom stereocenters. The zero-order chi connectivity index (χ0) is 11.5. The number of rotatable bonds is 1. The van der Waals surface area contributed by atoms with Crippen LogP contribution in [0.3, 0.4) is 0 Å². The Morgan fingerprint density at radius 2 is 2.20 bits per heavy atom. The maximum absolute atomic E-state index is 11.6. The number of carbonyl (C=O) groups excluding carboxylic acids is 1. The van der Waals surface area contributed by atoms with E-state index in [9.17, 15) is 4.79 Å². The Morgan fingerprint density at radius 3 is 2.73 bits per heavy atom. The van der Waals surface area contributed by atoms with Crippen molar-refractivity contribution in [1.29, 1.82) is 5.26 Å². The number of hydrogen-bond donors (Lipinski definition) is 0. The zero-order valence-corrected chi connectivity index (χ0v) is 8.94. The van der Waals surface area contributed by atoms with E-state index in [1.807, 2.05) is 6.07 Å². The first kappa shape index (κ1) is 11.2. The summed E-state index contributed by atoms with van der Waals surface area (Å²) in [6.07, 6.45) is 1.46. The van der Waals surface area contributed by atoms with E-state index in [-0.39, 0.29) is 11.3 Å². The molecule has 0 spiro atoms. The molecule has 0 bridgehead atoms. The number of pyridine rings is 1. The van der Waals surface area contributed by atoms with Crippen molar-refractivity contribution in [1.82, 2.24) is 4.98 Å². The van der Waals surface area contributed by atoms with E-state index in [0.29, 0.717) is 0 Å². The quantitative estimate of drug-likeness (QED) is 0.655. The van der Waals surface area contributed by atoms with Gasteiger partial charge in [0.2, 0.25) is 0 Å². The van der Waals surface area contributed by atoms with Crippen molar-refractivity contribution in [2.75, 3.05) is 0 Å². The molecule has 0 N–H and O–H groups in total. The van der Waals surface area contributed by atoms with Crippen molar-refractivity contribution in [2.24, 2.45) is 0 Å². The number of esters is 1. The number of aromatic nitrogens is 1. The molecule has 4 heteroatoms. The summed E-state index contributed by atoms with van der Waals surface area (Å²) in [6, 6.07) is 5.04. The van der Waals surface area contributed by atoms with Crippen molar-refractivity contribution >= 4 is 5.97 Å². The molecular formula is C11H12N2O2. The predicted octanol–water partition coefficient (Wildman–Crippen LogP) is 1.91. The van der Waals surface area contributed by atoms with Crippen LogP contribution in [-0.2, 0) is 4.74 Å². The van der Waals surface area contributed by atoms with Gasteiger partial charge in [-0.15, -0.1) is 0 Å². The summed E-state index contributed by atoms with van der Waals surface area (Å²) in [4.78, 5) is 15.4. The summed E-state index contributed by atoms with van der Waals surface area (Å²) in [6.45, 7) is 5.29. The summed E-state index contributed by atoms with van der Waals surface area (Å²) >= 11 is 0.